The lowest BCUT2D eigenvalue weighted by Gasteiger charge is -2.26. The minimum Gasteiger partial charge on any atom is -0.497 e. The third kappa shape index (κ3) is 5.20. The summed E-state index contributed by atoms with van der Waals surface area (Å²) in [6.45, 7) is 0.329. The van der Waals surface area contributed by atoms with Crippen LogP contribution in [0.25, 0.3) is 6.08 Å². The van der Waals surface area contributed by atoms with E-state index in [1.54, 1.807) is 36.4 Å². The molecule has 1 aliphatic heterocycles. The van der Waals surface area contributed by atoms with Crippen molar-refractivity contribution < 1.29 is 28.6 Å². The number of carbonyl (C=O) groups excluding carboxylic acids is 3. The number of methoxy groups -OCH3 is 2. The van der Waals surface area contributed by atoms with Gasteiger partial charge in [-0.3, -0.25) is 14.9 Å². The molecule has 0 radical (unpaired) electrons. The zero-order chi connectivity index (χ0) is 24.9. The molecule has 4 amide bonds. The lowest BCUT2D eigenvalue weighted by atomic mass is 10.1. The maximum absolute atomic E-state index is 13.1. The van der Waals surface area contributed by atoms with Gasteiger partial charge in [0.25, 0.3) is 11.8 Å². The molecule has 0 bridgehead atoms. The molecule has 1 aliphatic rings. The SMILES string of the molecule is COc1ccc(N2C(=O)NC(=O)/C(=C\c3cc(Br)c(OCc4ccccc4)c(OC)c3)C2=O)cc1. The van der Waals surface area contributed by atoms with Crippen LogP contribution in [0.3, 0.4) is 0 Å². The first-order valence-corrected chi connectivity index (χ1v) is 11.3. The van der Waals surface area contributed by atoms with E-state index in [1.807, 2.05) is 30.3 Å². The summed E-state index contributed by atoms with van der Waals surface area (Å²) in [7, 11) is 3.01. The highest BCUT2D eigenvalue weighted by molar-refractivity contribution is 9.10. The van der Waals surface area contributed by atoms with E-state index in [4.69, 9.17) is 14.2 Å². The molecule has 0 unspecified atom stereocenters. The summed E-state index contributed by atoms with van der Waals surface area (Å²) < 4.78 is 17.1. The van der Waals surface area contributed by atoms with Crippen LogP contribution in [0, 0.1) is 0 Å². The second-order valence-corrected chi connectivity index (χ2v) is 8.32. The Labute approximate surface area is 210 Å². The number of halogens is 1. The molecule has 3 aromatic rings. The number of ether oxygens (including phenoxy) is 3. The summed E-state index contributed by atoms with van der Waals surface area (Å²) >= 11 is 3.48. The van der Waals surface area contributed by atoms with E-state index in [9.17, 15) is 14.4 Å². The van der Waals surface area contributed by atoms with Crippen molar-refractivity contribution in [1.82, 2.24) is 5.32 Å². The Morgan fingerprint density at radius 3 is 2.31 bits per heavy atom. The number of hydrogen-bond donors (Lipinski definition) is 1. The fraction of sp³-hybridized carbons (Fsp3) is 0.115. The smallest absolute Gasteiger partial charge is 0.335 e. The highest BCUT2D eigenvalue weighted by atomic mass is 79.9. The van der Waals surface area contributed by atoms with E-state index >= 15 is 0 Å². The fourth-order valence-corrected chi connectivity index (χ4v) is 4.06. The maximum Gasteiger partial charge on any atom is 0.335 e. The van der Waals surface area contributed by atoms with Crippen LogP contribution in [-0.4, -0.2) is 32.1 Å². The topological polar surface area (TPSA) is 94.2 Å². The number of rotatable bonds is 7. The van der Waals surface area contributed by atoms with Crippen molar-refractivity contribution >= 4 is 45.5 Å². The number of imide groups is 2. The third-order valence-corrected chi connectivity index (χ3v) is 5.81. The van der Waals surface area contributed by atoms with E-state index in [-0.39, 0.29) is 5.57 Å². The first kappa shape index (κ1) is 24.0. The number of barbiturate groups is 1. The molecule has 4 rings (SSSR count). The number of carbonyl (C=O) groups is 3. The van der Waals surface area contributed by atoms with Gasteiger partial charge in [-0.05, 0) is 69.5 Å². The standard InChI is InChI=1S/C26H21BrN2O6/c1-33-19-10-8-18(9-11-19)29-25(31)20(24(30)28-26(29)32)12-17-13-21(27)23(22(14-17)34-2)35-15-16-6-4-3-5-7-16/h3-14H,15H2,1-2H3,(H,28,30,32)/b20-12+. The molecular weight excluding hydrogens is 516 g/mol. The summed E-state index contributed by atoms with van der Waals surface area (Å²) in [6, 6.07) is 18.5. The Morgan fingerprint density at radius 1 is 0.943 bits per heavy atom. The monoisotopic (exact) mass is 536 g/mol. The minimum atomic E-state index is -0.828. The molecule has 0 spiro atoms. The number of hydrogen-bond acceptors (Lipinski definition) is 6. The normalized spacial score (nSPS) is 14.7. The molecule has 0 atom stereocenters. The van der Waals surface area contributed by atoms with Gasteiger partial charge in [0.1, 0.15) is 17.9 Å². The average molecular weight is 537 g/mol. The average Bonchev–Trinajstić information content (AvgIpc) is 2.86. The number of urea groups is 1. The van der Waals surface area contributed by atoms with Gasteiger partial charge >= 0.3 is 6.03 Å². The molecule has 0 aliphatic carbocycles. The van der Waals surface area contributed by atoms with Crippen LogP contribution in [0.5, 0.6) is 17.2 Å². The molecule has 178 valence electrons. The predicted molar refractivity (Wildman–Crippen MR) is 133 cm³/mol. The quantitative estimate of drug-likeness (QED) is 0.347. The molecule has 35 heavy (non-hydrogen) atoms. The van der Waals surface area contributed by atoms with Crippen molar-refractivity contribution in [3.8, 4) is 17.2 Å². The van der Waals surface area contributed by atoms with Crippen LogP contribution < -0.4 is 24.4 Å². The van der Waals surface area contributed by atoms with Crippen LogP contribution in [0.15, 0.2) is 76.8 Å². The van der Waals surface area contributed by atoms with Crippen LogP contribution in [-0.2, 0) is 16.2 Å². The summed E-state index contributed by atoms with van der Waals surface area (Å²) in [4.78, 5) is 39.0. The summed E-state index contributed by atoms with van der Waals surface area (Å²) in [6.07, 6.45) is 1.40. The maximum atomic E-state index is 13.1. The van der Waals surface area contributed by atoms with Crippen LogP contribution in [0.2, 0.25) is 0 Å². The molecule has 0 aromatic heterocycles. The summed E-state index contributed by atoms with van der Waals surface area (Å²) in [5, 5.41) is 2.21. The molecule has 9 heteroatoms. The number of nitrogens with zero attached hydrogens (tertiary/aromatic N) is 1. The zero-order valence-corrected chi connectivity index (χ0v) is 20.5. The van der Waals surface area contributed by atoms with E-state index in [2.05, 4.69) is 21.2 Å². The predicted octanol–water partition coefficient (Wildman–Crippen LogP) is 4.71. The second-order valence-electron chi connectivity index (χ2n) is 7.46. The van der Waals surface area contributed by atoms with Gasteiger partial charge in [-0.2, -0.15) is 0 Å². The number of nitrogens with one attached hydrogen (secondary N) is 1. The van der Waals surface area contributed by atoms with Crippen molar-refractivity contribution in [2.24, 2.45) is 0 Å². The molecule has 0 saturated carbocycles. The molecule has 1 N–H and O–H groups in total. The summed E-state index contributed by atoms with van der Waals surface area (Å²) in [5.41, 5.74) is 1.59. The van der Waals surface area contributed by atoms with Gasteiger partial charge in [0, 0.05) is 0 Å². The van der Waals surface area contributed by atoms with E-state index in [0.29, 0.717) is 39.6 Å². The van der Waals surface area contributed by atoms with Crippen molar-refractivity contribution in [2.45, 2.75) is 6.61 Å². The van der Waals surface area contributed by atoms with E-state index in [0.717, 1.165) is 10.5 Å². The van der Waals surface area contributed by atoms with Gasteiger partial charge in [0.05, 0.1) is 24.4 Å². The van der Waals surface area contributed by atoms with Crippen molar-refractivity contribution in [3.05, 3.63) is 87.9 Å². The van der Waals surface area contributed by atoms with Crippen LogP contribution in [0.4, 0.5) is 10.5 Å². The lowest BCUT2D eigenvalue weighted by Crippen LogP contribution is -2.54. The van der Waals surface area contributed by atoms with Crippen molar-refractivity contribution in [1.29, 1.82) is 0 Å². The highest BCUT2D eigenvalue weighted by Crippen LogP contribution is 2.38. The Kier molecular flexibility index (Phi) is 7.17. The molecular formula is C26H21BrN2O6. The minimum absolute atomic E-state index is 0.202. The molecule has 1 fully saturated rings. The van der Waals surface area contributed by atoms with E-state index in [1.165, 1.54) is 20.3 Å². The lowest BCUT2D eigenvalue weighted by molar-refractivity contribution is -0.122. The fourth-order valence-electron chi connectivity index (χ4n) is 3.48. The van der Waals surface area contributed by atoms with Crippen molar-refractivity contribution in [2.75, 3.05) is 19.1 Å². The van der Waals surface area contributed by atoms with Gasteiger partial charge in [-0.1, -0.05) is 30.3 Å². The van der Waals surface area contributed by atoms with Gasteiger partial charge < -0.3 is 14.2 Å². The second kappa shape index (κ2) is 10.4. The van der Waals surface area contributed by atoms with Crippen LogP contribution >= 0.6 is 15.9 Å². The first-order chi connectivity index (χ1) is 16.9. The van der Waals surface area contributed by atoms with Gasteiger partial charge in [-0.15, -0.1) is 0 Å². The van der Waals surface area contributed by atoms with Crippen molar-refractivity contribution in [3.63, 3.8) is 0 Å². The number of anilines is 1. The number of benzene rings is 3. The van der Waals surface area contributed by atoms with Crippen LogP contribution in [0.1, 0.15) is 11.1 Å². The Hall–Kier alpha value is -4.11. The largest absolute Gasteiger partial charge is 0.497 e. The first-order valence-electron chi connectivity index (χ1n) is 10.5. The van der Waals surface area contributed by atoms with Gasteiger partial charge in [0.15, 0.2) is 11.5 Å². The Balaban J connectivity index is 1.63. The Bertz CT molecular complexity index is 1310. The summed E-state index contributed by atoms with van der Waals surface area (Å²) in [5.74, 6) is -0.0773. The molecule has 3 aromatic carbocycles. The van der Waals surface area contributed by atoms with Gasteiger partial charge in [0.2, 0.25) is 0 Å². The molecule has 1 saturated heterocycles. The van der Waals surface area contributed by atoms with Gasteiger partial charge in [-0.25, -0.2) is 9.69 Å². The number of amides is 4. The van der Waals surface area contributed by atoms with E-state index < -0.39 is 17.8 Å². The molecule has 8 nitrogen and oxygen atoms in total. The zero-order valence-electron chi connectivity index (χ0n) is 18.9. The Morgan fingerprint density at radius 2 is 1.66 bits per heavy atom. The molecule has 1 heterocycles. The third-order valence-electron chi connectivity index (χ3n) is 5.22. The highest BCUT2D eigenvalue weighted by Gasteiger charge is 2.36.